The summed E-state index contributed by atoms with van der Waals surface area (Å²) in [6.45, 7) is 6.96. The molecule has 0 amide bonds. The third kappa shape index (κ3) is 3.44. The molecule has 0 atom stereocenters. The molecule has 1 aromatic carbocycles. The summed E-state index contributed by atoms with van der Waals surface area (Å²) in [5.41, 5.74) is 1.50. The average molecular weight is 360 g/mol. The van der Waals surface area contributed by atoms with Crippen molar-refractivity contribution in [2.45, 2.75) is 18.9 Å². The first-order valence-electron chi connectivity index (χ1n) is 8.16. The summed E-state index contributed by atoms with van der Waals surface area (Å²) in [6, 6.07) is 9.18. The summed E-state index contributed by atoms with van der Waals surface area (Å²) in [4.78, 5) is 6.25. The summed E-state index contributed by atoms with van der Waals surface area (Å²) in [5, 5.41) is 8.94. The van der Waals surface area contributed by atoms with E-state index in [0.29, 0.717) is 31.7 Å². The summed E-state index contributed by atoms with van der Waals surface area (Å²) in [6.07, 6.45) is 0. The largest absolute Gasteiger partial charge is 0.422 e. The maximum Gasteiger partial charge on any atom is 0.279 e. The van der Waals surface area contributed by atoms with Crippen molar-refractivity contribution >= 4 is 10.0 Å². The second-order valence-electron chi connectivity index (χ2n) is 5.97. The monoisotopic (exact) mass is 360 g/mol. The second kappa shape index (κ2) is 6.96. The molecule has 1 saturated heterocycles. The number of nitriles is 1. The van der Waals surface area contributed by atoms with Crippen molar-refractivity contribution in [1.29, 1.82) is 5.26 Å². The van der Waals surface area contributed by atoms with Gasteiger partial charge in [0.15, 0.2) is 5.69 Å². The van der Waals surface area contributed by atoms with Gasteiger partial charge in [0.1, 0.15) is 6.07 Å². The Morgan fingerprint density at radius 1 is 1.20 bits per heavy atom. The molecule has 0 radical (unpaired) electrons. The molecule has 1 aliphatic rings. The van der Waals surface area contributed by atoms with Gasteiger partial charge in [-0.25, -0.2) is 8.42 Å². The maximum absolute atomic E-state index is 12.9. The van der Waals surface area contributed by atoms with Crippen LogP contribution >= 0.6 is 0 Å². The SMILES string of the molecule is CCN1CCN(S(=O)(=O)c2oc(-c3ccc(C)cc3)nc2C#N)CC1. The minimum absolute atomic E-state index is 0.141. The first kappa shape index (κ1) is 17.6. The fourth-order valence-electron chi connectivity index (χ4n) is 2.77. The van der Waals surface area contributed by atoms with E-state index in [1.165, 1.54) is 4.31 Å². The van der Waals surface area contributed by atoms with Crippen LogP contribution in [0.5, 0.6) is 0 Å². The smallest absolute Gasteiger partial charge is 0.279 e. The Hall–Kier alpha value is -2.21. The first-order valence-corrected chi connectivity index (χ1v) is 9.60. The van der Waals surface area contributed by atoms with Crippen molar-refractivity contribution in [3.63, 3.8) is 0 Å². The van der Waals surface area contributed by atoms with Gasteiger partial charge in [-0.05, 0) is 25.6 Å². The molecule has 7 nitrogen and oxygen atoms in total. The van der Waals surface area contributed by atoms with Gasteiger partial charge >= 0.3 is 0 Å². The molecule has 0 aliphatic carbocycles. The molecule has 0 N–H and O–H groups in total. The number of piperazine rings is 1. The Kier molecular flexibility index (Phi) is 4.90. The van der Waals surface area contributed by atoms with Crippen molar-refractivity contribution in [3.05, 3.63) is 35.5 Å². The van der Waals surface area contributed by atoms with Crippen LogP contribution in [0.15, 0.2) is 33.8 Å². The Balaban J connectivity index is 1.94. The molecular formula is C17H20N4O3S. The number of sulfonamides is 1. The van der Waals surface area contributed by atoms with E-state index in [1.54, 1.807) is 12.1 Å². The van der Waals surface area contributed by atoms with Crippen LogP contribution in [0.1, 0.15) is 18.2 Å². The predicted molar refractivity (Wildman–Crippen MR) is 92.3 cm³/mol. The van der Waals surface area contributed by atoms with E-state index in [1.807, 2.05) is 32.0 Å². The van der Waals surface area contributed by atoms with Gasteiger partial charge in [-0.3, -0.25) is 0 Å². The normalized spacial score (nSPS) is 16.7. The fourth-order valence-corrected chi connectivity index (χ4v) is 4.17. The summed E-state index contributed by atoms with van der Waals surface area (Å²) in [5.74, 6) is 0.141. The summed E-state index contributed by atoms with van der Waals surface area (Å²) < 4.78 is 32.7. The van der Waals surface area contributed by atoms with Crippen LogP contribution in [0.4, 0.5) is 0 Å². The molecule has 0 saturated carbocycles. The van der Waals surface area contributed by atoms with Gasteiger partial charge < -0.3 is 9.32 Å². The van der Waals surface area contributed by atoms with Crippen molar-refractivity contribution in [1.82, 2.24) is 14.2 Å². The number of benzene rings is 1. The zero-order chi connectivity index (χ0) is 18.0. The molecule has 0 unspecified atom stereocenters. The molecule has 8 heteroatoms. The highest BCUT2D eigenvalue weighted by molar-refractivity contribution is 7.89. The quantitative estimate of drug-likeness (QED) is 0.826. The van der Waals surface area contributed by atoms with Gasteiger partial charge in [-0.15, -0.1) is 0 Å². The molecule has 1 fully saturated rings. The number of rotatable bonds is 4. The molecule has 25 heavy (non-hydrogen) atoms. The van der Waals surface area contributed by atoms with E-state index in [-0.39, 0.29) is 16.7 Å². The average Bonchev–Trinajstić information content (AvgIpc) is 3.07. The van der Waals surface area contributed by atoms with Crippen LogP contribution < -0.4 is 0 Å². The van der Waals surface area contributed by atoms with Crippen LogP contribution in [-0.4, -0.2) is 55.3 Å². The van der Waals surface area contributed by atoms with Crippen molar-refractivity contribution in [2.75, 3.05) is 32.7 Å². The van der Waals surface area contributed by atoms with Crippen LogP contribution in [-0.2, 0) is 10.0 Å². The molecule has 1 aromatic heterocycles. The van der Waals surface area contributed by atoms with Crippen molar-refractivity contribution in [3.8, 4) is 17.5 Å². The number of oxazole rings is 1. The lowest BCUT2D eigenvalue weighted by Gasteiger charge is -2.32. The van der Waals surface area contributed by atoms with Crippen molar-refractivity contribution < 1.29 is 12.8 Å². The highest BCUT2D eigenvalue weighted by Crippen LogP contribution is 2.27. The second-order valence-corrected chi connectivity index (χ2v) is 7.81. The minimum atomic E-state index is -3.88. The van der Waals surface area contributed by atoms with Gasteiger partial charge in [0, 0.05) is 31.7 Å². The van der Waals surface area contributed by atoms with Crippen LogP contribution in [0.25, 0.3) is 11.5 Å². The van der Waals surface area contributed by atoms with E-state index in [0.717, 1.165) is 12.1 Å². The predicted octanol–water partition coefficient (Wildman–Crippen LogP) is 1.85. The Bertz CT molecular complexity index is 889. The third-order valence-electron chi connectivity index (χ3n) is 4.35. The van der Waals surface area contributed by atoms with Gasteiger partial charge in [0.2, 0.25) is 5.89 Å². The van der Waals surface area contributed by atoms with Crippen molar-refractivity contribution in [2.24, 2.45) is 0 Å². The molecule has 132 valence electrons. The Morgan fingerprint density at radius 3 is 2.40 bits per heavy atom. The van der Waals surface area contributed by atoms with Gasteiger partial charge in [0.25, 0.3) is 15.1 Å². The highest BCUT2D eigenvalue weighted by atomic mass is 32.2. The van der Waals surface area contributed by atoms with Crippen LogP contribution in [0, 0.1) is 18.3 Å². The summed E-state index contributed by atoms with van der Waals surface area (Å²) in [7, 11) is -3.88. The molecular weight excluding hydrogens is 340 g/mol. The zero-order valence-corrected chi connectivity index (χ0v) is 15.1. The van der Waals surface area contributed by atoms with E-state index in [4.69, 9.17) is 4.42 Å². The molecule has 2 heterocycles. The number of likely N-dealkylation sites (N-methyl/N-ethyl adjacent to an activating group) is 1. The lowest BCUT2D eigenvalue weighted by Crippen LogP contribution is -2.48. The standard InChI is InChI=1S/C17H20N4O3S/c1-3-20-8-10-21(11-9-20)25(22,23)17-15(12-18)19-16(24-17)14-6-4-13(2)5-7-14/h4-7H,3,8-11H2,1-2H3. The minimum Gasteiger partial charge on any atom is -0.422 e. The number of aromatic nitrogens is 1. The molecule has 2 aromatic rings. The first-order chi connectivity index (χ1) is 12.0. The fraction of sp³-hybridized carbons (Fsp3) is 0.412. The molecule has 3 rings (SSSR count). The number of hydrogen-bond acceptors (Lipinski definition) is 6. The van der Waals surface area contributed by atoms with Crippen LogP contribution in [0.2, 0.25) is 0 Å². The number of nitrogens with zero attached hydrogens (tertiary/aromatic N) is 4. The van der Waals surface area contributed by atoms with E-state index in [9.17, 15) is 13.7 Å². The lowest BCUT2D eigenvalue weighted by molar-refractivity contribution is 0.194. The maximum atomic E-state index is 12.9. The Labute approximate surface area is 147 Å². The number of hydrogen-bond donors (Lipinski definition) is 0. The topological polar surface area (TPSA) is 90.4 Å². The van der Waals surface area contributed by atoms with Gasteiger partial charge in [0.05, 0.1) is 0 Å². The van der Waals surface area contributed by atoms with E-state index < -0.39 is 10.0 Å². The molecule has 1 aliphatic heterocycles. The van der Waals surface area contributed by atoms with E-state index >= 15 is 0 Å². The highest BCUT2D eigenvalue weighted by Gasteiger charge is 2.34. The van der Waals surface area contributed by atoms with Gasteiger partial charge in [-0.2, -0.15) is 14.6 Å². The third-order valence-corrected chi connectivity index (χ3v) is 6.14. The zero-order valence-electron chi connectivity index (χ0n) is 14.3. The number of aryl methyl sites for hydroxylation is 1. The molecule has 0 spiro atoms. The van der Waals surface area contributed by atoms with E-state index in [2.05, 4.69) is 9.88 Å². The van der Waals surface area contributed by atoms with Crippen LogP contribution in [0.3, 0.4) is 0 Å². The molecule has 0 bridgehead atoms. The Morgan fingerprint density at radius 2 is 1.84 bits per heavy atom. The lowest BCUT2D eigenvalue weighted by atomic mass is 10.1. The van der Waals surface area contributed by atoms with Gasteiger partial charge in [-0.1, -0.05) is 24.6 Å². The summed E-state index contributed by atoms with van der Waals surface area (Å²) >= 11 is 0.